The second-order valence-electron chi connectivity index (χ2n) is 6.05. The van der Waals surface area contributed by atoms with E-state index in [4.69, 9.17) is 14.2 Å². The largest absolute Gasteiger partial charge is 0.497 e. The van der Waals surface area contributed by atoms with Gasteiger partial charge in [0.1, 0.15) is 18.0 Å². The van der Waals surface area contributed by atoms with Crippen LogP contribution in [-0.2, 0) is 14.3 Å². The highest BCUT2D eigenvalue weighted by molar-refractivity contribution is 6.02. The number of carbonyl (C=O) groups is 4. The molecule has 150 valence electrons. The summed E-state index contributed by atoms with van der Waals surface area (Å²) in [7, 11) is 1.48. The zero-order valence-corrected chi connectivity index (χ0v) is 15.5. The first-order valence-electron chi connectivity index (χ1n) is 8.64. The van der Waals surface area contributed by atoms with Gasteiger partial charge < -0.3 is 24.8 Å². The van der Waals surface area contributed by atoms with Crippen molar-refractivity contribution in [1.29, 1.82) is 0 Å². The predicted molar refractivity (Wildman–Crippen MR) is 101 cm³/mol. The molecule has 0 saturated heterocycles. The van der Waals surface area contributed by atoms with E-state index < -0.39 is 30.8 Å². The average Bonchev–Trinajstić information content (AvgIpc) is 2.75. The van der Waals surface area contributed by atoms with Crippen LogP contribution in [0.3, 0.4) is 0 Å². The molecule has 9 heteroatoms. The van der Waals surface area contributed by atoms with E-state index in [1.54, 1.807) is 24.3 Å². The molecular formula is C20H18N2O7. The maximum Gasteiger partial charge on any atom is 0.325 e. The molecule has 1 aliphatic rings. The van der Waals surface area contributed by atoms with Gasteiger partial charge >= 0.3 is 5.97 Å². The van der Waals surface area contributed by atoms with Gasteiger partial charge in [0.25, 0.3) is 11.8 Å². The van der Waals surface area contributed by atoms with Gasteiger partial charge in [-0.25, -0.2) is 0 Å². The Labute approximate surface area is 165 Å². The summed E-state index contributed by atoms with van der Waals surface area (Å²) in [6.07, 6.45) is 0. The summed E-state index contributed by atoms with van der Waals surface area (Å²) in [5, 5.41) is 5.01. The number of ether oxygens (including phenoxy) is 3. The number of carbonyl (C=O) groups excluding carboxylic acids is 4. The molecule has 0 aromatic heterocycles. The number of hydrogen-bond donors (Lipinski definition) is 2. The highest BCUT2D eigenvalue weighted by Crippen LogP contribution is 2.28. The maximum atomic E-state index is 12.2. The predicted octanol–water partition coefficient (Wildman–Crippen LogP) is 1.18. The molecule has 0 atom stereocenters. The van der Waals surface area contributed by atoms with Crippen molar-refractivity contribution >= 4 is 29.3 Å². The van der Waals surface area contributed by atoms with Gasteiger partial charge in [0.05, 0.1) is 12.8 Å². The van der Waals surface area contributed by atoms with Gasteiger partial charge in [0.15, 0.2) is 19.0 Å². The number of fused-ring (bicyclic) bond motifs is 1. The zero-order valence-electron chi connectivity index (χ0n) is 15.5. The number of Topliss-reactive ketones (excluding diaryl/α,β-unsaturated/α-hetero) is 1. The van der Waals surface area contributed by atoms with E-state index in [2.05, 4.69) is 10.6 Å². The highest BCUT2D eigenvalue weighted by atomic mass is 16.5. The molecule has 0 saturated carbocycles. The molecular weight excluding hydrogens is 380 g/mol. The van der Waals surface area contributed by atoms with Crippen molar-refractivity contribution in [3.05, 3.63) is 53.6 Å². The quantitative estimate of drug-likeness (QED) is 0.531. The Morgan fingerprint density at radius 1 is 1.14 bits per heavy atom. The van der Waals surface area contributed by atoms with Crippen LogP contribution in [0.4, 0.5) is 5.69 Å². The second kappa shape index (κ2) is 8.87. The lowest BCUT2D eigenvalue weighted by Gasteiger charge is -2.18. The van der Waals surface area contributed by atoms with Gasteiger partial charge in [-0.3, -0.25) is 19.2 Å². The molecule has 0 bridgehead atoms. The van der Waals surface area contributed by atoms with Crippen molar-refractivity contribution in [1.82, 2.24) is 5.32 Å². The molecule has 0 spiro atoms. The van der Waals surface area contributed by atoms with Crippen LogP contribution in [0.5, 0.6) is 11.5 Å². The summed E-state index contributed by atoms with van der Waals surface area (Å²) >= 11 is 0. The van der Waals surface area contributed by atoms with Crippen LogP contribution < -0.4 is 20.1 Å². The number of amides is 2. The summed E-state index contributed by atoms with van der Waals surface area (Å²) in [5.41, 5.74) is 0.957. The number of benzene rings is 2. The third-order valence-corrected chi connectivity index (χ3v) is 4.02. The summed E-state index contributed by atoms with van der Waals surface area (Å²) in [5.74, 6) is -1.04. The number of ketones is 1. The van der Waals surface area contributed by atoms with E-state index in [-0.39, 0.29) is 18.1 Å². The first-order chi connectivity index (χ1) is 14.0. The Morgan fingerprint density at radius 2 is 1.97 bits per heavy atom. The highest BCUT2D eigenvalue weighted by Gasteiger charge is 2.18. The third-order valence-electron chi connectivity index (χ3n) is 4.02. The van der Waals surface area contributed by atoms with Crippen molar-refractivity contribution in [3.8, 4) is 11.5 Å². The normalized spacial score (nSPS) is 12.1. The van der Waals surface area contributed by atoms with E-state index in [0.717, 1.165) is 0 Å². The number of methoxy groups -OCH3 is 1. The molecule has 9 nitrogen and oxygen atoms in total. The maximum absolute atomic E-state index is 12.2. The van der Waals surface area contributed by atoms with Gasteiger partial charge in [-0.15, -0.1) is 0 Å². The molecule has 0 fully saturated rings. The van der Waals surface area contributed by atoms with Gasteiger partial charge in [-0.1, -0.05) is 6.07 Å². The minimum Gasteiger partial charge on any atom is -0.497 e. The smallest absolute Gasteiger partial charge is 0.325 e. The van der Waals surface area contributed by atoms with Crippen LogP contribution in [0, 0.1) is 0 Å². The number of hydrogen-bond acceptors (Lipinski definition) is 7. The Bertz CT molecular complexity index is 971. The minimum atomic E-state index is -0.760. The van der Waals surface area contributed by atoms with E-state index >= 15 is 0 Å². The SMILES string of the molecule is COc1cccc(C(=O)NCC(=O)OCC(=O)c2ccc3c(c2)NC(=O)CO3)c1. The van der Waals surface area contributed by atoms with Gasteiger partial charge in [-0.05, 0) is 36.4 Å². The van der Waals surface area contributed by atoms with E-state index in [0.29, 0.717) is 22.7 Å². The molecule has 29 heavy (non-hydrogen) atoms. The lowest BCUT2D eigenvalue weighted by molar-refractivity contribution is -0.141. The third kappa shape index (κ3) is 5.10. The topological polar surface area (TPSA) is 120 Å². The van der Waals surface area contributed by atoms with E-state index in [1.165, 1.54) is 25.3 Å². The first-order valence-corrected chi connectivity index (χ1v) is 8.64. The summed E-state index contributed by atoms with van der Waals surface area (Å²) < 4.78 is 15.2. The van der Waals surface area contributed by atoms with Crippen molar-refractivity contribution in [2.45, 2.75) is 0 Å². The van der Waals surface area contributed by atoms with Gasteiger partial charge in [0, 0.05) is 11.1 Å². The van der Waals surface area contributed by atoms with Crippen LogP contribution in [-0.4, -0.2) is 50.4 Å². The number of esters is 1. The molecule has 0 radical (unpaired) electrons. The second-order valence-corrected chi connectivity index (χ2v) is 6.05. The Kier molecular flexibility index (Phi) is 6.08. The molecule has 1 aliphatic heterocycles. The Morgan fingerprint density at radius 3 is 2.76 bits per heavy atom. The van der Waals surface area contributed by atoms with Crippen LogP contribution >= 0.6 is 0 Å². The summed E-state index contributed by atoms with van der Waals surface area (Å²) in [6.45, 7) is -0.974. The van der Waals surface area contributed by atoms with Gasteiger partial charge in [0.2, 0.25) is 0 Å². The fourth-order valence-electron chi connectivity index (χ4n) is 2.56. The fraction of sp³-hybridized carbons (Fsp3) is 0.200. The van der Waals surface area contributed by atoms with E-state index in [9.17, 15) is 19.2 Å². The van der Waals surface area contributed by atoms with Crippen LogP contribution in [0.25, 0.3) is 0 Å². The molecule has 0 aliphatic carbocycles. The van der Waals surface area contributed by atoms with Crippen LogP contribution in [0.15, 0.2) is 42.5 Å². The monoisotopic (exact) mass is 398 g/mol. The van der Waals surface area contributed by atoms with Crippen molar-refractivity contribution < 1.29 is 33.4 Å². The summed E-state index contributed by atoms with van der Waals surface area (Å²) in [6, 6.07) is 11.0. The zero-order chi connectivity index (χ0) is 20.8. The number of rotatable bonds is 7. The molecule has 0 unspecified atom stereocenters. The Balaban J connectivity index is 1.49. The standard InChI is InChI=1S/C20H18N2O7/c1-27-14-4-2-3-13(7-14)20(26)21-9-19(25)29-10-16(23)12-5-6-17-15(8-12)22-18(24)11-28-17/h2-8H,9-11H2,1H3,(H,21,26)(H,22,24). The van der Waals surface area contributed by atoms with E-state index in [1.807, 2.05) is 0 Å². The molecule has 3 rings (SSSR count). The average molecular weight is 398 g/mol. The lowest BCUT2D eigenvalue weighted by atomic mass is 10.1. The molecule has 2 aromatic carbocycles. The Hall–Kier alpha value is -3.88. The van der Waals surface area contributed by atoms with Gasteiger partial charge in [-0.2, -0.15) is 0 Å². The fourth-order valence-corrected chi connectivity index (χ4v) is 2.56. The molecule has 2 amide bonds. The van der Waals surface area contributed by atoms with Crippen LogP contribution in [0.2, 0.25) is 0 Å². The van der Waals surface area contributed by atoms with Crippen molar-refractivity contribution in [3.63, 3.8) is 0 Å². The molecule has 1 heterocycles. The summed E-state index contributed by atoms with van der Waals surface area (Å²) in [4.78, 5) is 47.4. The number of nitrogens with one attached hydrogen (secondary N) is 2. The minimum absolute atomic E-state index is 0.0839. The number of anilines is 1. The first kappa shape index (κ1) is 19.9. The molecule has 2 N–H and O–H groups in total. The van der Waals surface area contributed by atoms with Crippen molar-refractivity contribution in [2.24, 2.45) is 0 Å². The lowest BCUT2D eigenvalue weighted by Crippen LogP contribution is -2.31. The van der Waals surface area contributed by atoms with Crippen LogP contribution in [0.1, 0.15) is 20.7 Å². The molecule has 2 aromatic rings. The van der Waals surface area contributed by atoms with Crippen molar-refractivity contribution in [2.75, 3.05) is 32.2 Å².